The summed E-state index contributed by atoms with van der Waals surface area (Å²) in [4.78, 5) is 4.29. The van der Waals surface area contributed by atoms with Crippen LogP contribution in [0.2, 0.25) is 0 Å². The van der Waals surface area contributed by atoms with E-state index in [4.69, 9.17) is 4.74 Å². The van der Waals surface area contributed by atoms with Gasteiger partial charge < -0.3 is 10.1 Å². The summed E-state index contributed by atoms with van der Waals surface area (Å²) in [6, 6.07) is 6.00. The van der Waals surface area contributed by atoms with E-state index in [9.17, 15) is 0 Å². The Balaban J connectivity index is 1.61. The molecule has 3 nitrogen and oxygen atoms in total. The van der Waals surface area contributed by atoms with Gasteiger partial charge in [0.15, 0.2) is 0 Å². The third kappa shape index (κ3) is 5.22. The van der Waals surface area contributed by atoms with Crippen LogP contribution >= 0.6 is 0 Å². The van der Waals surface area contributed by atoms with Crippen molar-refractivity contribution in [2.75, 3.05) is 13.2 Å². The average Bonchev–Trinajstić information content (AvgIpc) is 2.37. The van der Waals surface area contributed by atoms with Crippen LogP contribution in [0.5, 0.6) is 0 Å². The normalized spacial score (nSPS) is 25.6. The highest BCUT2D eigenvalue weighted by molar-refractivity contribution is 5.02. The minimum Gasteiger partial charge on any atom is -0.377 e. The van der Waals surface area contributed by atoms with Crippen molar-refractivity contribution >= 4 is 0 Å². The SMILES string of the molecule is CC1CC(OCCNCc2ccccn2)CC(C)(C)C1. The van der Waals surface area contributed by atoms with Crippen molar-refractivity contribution in [1.29, 1.82) is 0 Å². The van der Waals surface area contributed by atoms with Gasteiger partial charge in [0.2, 0.25) is 0 Å². The fraction of sp³-hybridized carbons (Fsp3) is 0.706. The van der Waals surface area contributed by atoms with Gasteiger partial charge in [0.25, 0.3) is 0 Å². The van der Waals surface area contributed by atoms with Crippen LogP contribution in [0.4, 0.5) is 0 Å². The lowest BCUT2D eigenvalue weighted by molar-refractivity contribution is -0.0213. The Hall–Kier alpha value is -0.930. The average molecular weight is 276 g/mol. The number of pyridine rings is 1. The zero-order chi connectivity index (χ0) is 14.4. The molecule has 1 aliphatic rings. The molecule has 0 aliphatic heterocycles. The number of nitrogens with zero attached hydrogens (tertiary/aromatic N) is 1. The number of hydrogen-bond acceptors (Lipinski definition) is 3. The number of nitrogens with one attached hydrogen (secondary N) is 1. The first-order chi connectivity index (χ1) is 9.55. The lowest BCUT2D eigenvalue weighted by Crippen LogP contribution is -2.34. The molecule has 1 heterocycles. The molecule has 2 rings (SSSR count). The van der Waals surface area contributed by atoms with Gasteiger partial charge in [-0.1, -0.05) is 26.8 Å². The highest BCUT2D eigenvalue weighted by Gasteiger charge is 2.32. The number of rotatable bonds is 6. The molecule has 1 fully saturated rings. The van der Waals surface area contributed by atoms with E-state index in [1.54, 1.807) is 0 Å². The van der Waals surface area contributed by atoms with Crippen LogP contribution in [0, 0.1) is 11.3 Å². The second-order valence-corrected chi connectivity index (χ2v) is 6.90. The summed E-state index contributed by atoms with van der Waals surface area (Å²) in [5.74, 6) is 0.783. The predicted molar refractivity (Wildman–Crippen MR) is 82.5 cm³/mol. The molecule has 1 aliphatic carbocycles. The first kappa shape index (κ1) is 15.5. The van der Waals surface area contributed by atoms with Crippen LogP contribution in [0.15, 0.2) is 24.4 Å². The summed E-state index contributed by atoms with van der Waals surface area (Å²) in [6.07, 6.45) is 6.00. The lowest BCUT2D eigenvalue weighted by Gasteiger charge is -2.38. The fourth-order valence-electron chi connectivity index (χ4n) is 3.40. The van der Waals surface area contributed by atoms with E-state index in [2.05, 4.69) is 31.1 Å². The van der Waals surface area contributed by atoms with Crippen molar-refractivity contribution in [1.82, 2.24) is 10.3 Å². The predicted octanol–water partition coefficient (Wildman–Crippen LogP) is 3.40. The summed E-state index contributed by atoms with van der Waals surface area (Å²) in [5, 5.41) is 3.39. The van der Waals surface area contributed by atoms with Crippen LogP contribution in [-0.4, -0.2) is 24.2 Å². The van der Waals surface area contributed by atoms with Gasteiger partial charge in [0, 0.05) is 19.3 Å². The molecule has 0 radical (unpaired) electrons. The molecular formula is C17H28N2O. The molecule has 20 heavy (non-hydrogen) atoms. The smallest absolute Gasteiger partial charge is 0.0594 e. The van der Waals surface area contributed by atoms with Crippen LogP contribution in [0.25, 0.3) is 0 Å². The van der Waals surface area contributed by atoms with Gasteiger partial charge in [-0.2, -0.15) is 0 Å². The minimum atomic E-state index is 0.434. The highest BCUT2D eigenvalue weighted by atomic mass is 16.5. The summed E-state index contributed by atoms with van der Waals surface area (Å²) in [6.45, 7) is 9.56. The molecule has 1 saturated carbocycles. The van der Waals surface area contributed by atoms with Gasteiger partial charge in [0.1, 0.15) is 0 Å². The van der Waals surface area contributed by atoms with Crippen molar-refractivity contribution in [3.05, 3.63) is 30.1 Å². The van der Waals surface area contributed by atoms with E-state index in [0.717, 1.165) is 31.3 Å². The maximum absolute atomic E-state index is 6.04. The van der Waals surface area contributed by atoms with Crippen molar-refractivity contribution in [2.45, 2.75) is 52.7 Å². The molecule has 0 spiro atoms. The number of aromatic nitrogens is 1. The molecular weight excluding hydrogens is 248 g/mol. The number of ether oxygens (including phenoxy) is 1. The van der Waals surface area contributed by atoms with E-state index in [1.807, 2.05) is 24.4 Å². The maximum atomic E-state index is 6.04. The van der Waals surface area contributed by atoms with E-state index < -0.39 is 0 Å². The van der Waals surface area contributed by atoms with Crippen molar-refractivity contribution in [3.63, 3.8) is 0 Å². The largest absolute Gasteiger partial charge is 0.377 e. The van der Waals surface area contributed by atoms with Crippen LogP contribution in [-0.2, 0) is 11.3 Å². The second-order valence-electron chi connectivity index (χ2n) is 6.90. The van der Waals surface area contributed by atoms with Gasteiger partial charge in [-0.3, -0.25) is 4.98 Å². The summed E-state index contributed by atoms with van der Waals surface area (Å²) in [5.41, 5.74) is 1.52. The topological polar surface area (TPSA) is 34.1 Å². The van der Waals surface area contributed by atoms with E-state index in [-0.39, 0.29) is 0 Å². The Morgan fingerprint density at radius 2 is 2.20 bits per heavy atom. The summed E-state index contributed by atoms with van der Waals surface area (Å²) >= 11 is 0. The van der Waals surface area contributed by atoms with Gasteiger partial charge in [0.05, 0.1) is 18.4 Å². The molecule has 0 saturated heterocycles. The standard InChI is InChI=1S/C17H28N2O/c1-14-10-16(12-17(2,3)11-14)20-9-8-18-13-15-6-4-5-7-19-15/h4-7,14,16,18H,8-13H2,1-3H3. The molecule has 0 amide bonds. The van der Waals surface area contributed by atoms with E-state index in [0.29, 0.717) is 11.5 Å². The fourth-order valence-corrected chi connectivity index (χ4v) is 3.40. The Labute approximate surface area is 123 Å². The Kier molecular flexibility index (Phi) is 5.55. The lowest BCUT2D eigenvalue weighted by atomic mass is 9.71. The minimum absolute atomic E-state index is 0.434. The molecule has 2 atom stereocenters. The molecule has 1 N–H and O–H groups in total. The maximum Gasteiger partial charge on any atom is 0.0594 e. The second kappa shape index (κ2) is 7.19. The van der Waals surface area contributed by atoms with E-state index >= 15 is 0 Å². The zero-order valence-corrected chi connectivity index (χ0v) is 13.1. The monoisotopic (exact) mass is 276 g/mol. The highest BCUT2D eigenvalue weighted by Crippen LogP contribution is 2.39. The van der Waals surface area contributed by atoms with Crippen LogP contribution in [0.3, 0.4) is 0 Å². The molecule has 0 bridgehead atoms. The van der Waals surface area contributed by atoms with Crippen molar-refractivity contribution in [3.8, 4) is 0 Å². The van der Waals surface area contributed by atoms with E-state index in [1.165, 1.54) is 19.3 Å². The summed E-state index contributed by atoms with van der Waals surface area (Å²) < 4.78 is 6.04. The van der Waals surface area contributed by atoms with Crippen molar-refractivity contribution < 1.29 is 4.74 Å². The third-order valence-electron chi connectivity index (χ3n) is 4.01. The van der Waals surface area contributed by atoms with Gasteiger partial charge in [-0.25, -0.2) is 0 Å². The molecule has 1 aromatic rings. The molecule has 2 unspecified atom stereocenters. The molecule has 0 aromatic carbocycles. The Morgan fingerprint density at radius 3 is 2.90 bits per heavy atom. The van der Waals surface area contributed by atoms with Crippen molar-refractivity contribution in [2.24, 2.45) is 11.3 Å². The molecule has 3 heteroatoms. The Bertz CT molecular complexity index is 391. The Morgan fingerprint density at radius 1 is 1.35 bits per heavy atom. The third-order valence-corrected chi connectivity index (χ3v) is 4.01. The first-order valence-corrected chi connectivity index (χ1v) is 7.77. The van der Waals surface area contributed by atoms with Crippen LogP contribution in [0.1, 0.15) is 45.7 Å². The number of hydrogen-bond donors (Lipinski definition) is 1. The quantitative estimate of drug-likeness (QED) is 0.809. The van der Waals surface area contributed by atoms with Gasteiger partial charge >= 0.3 is 0 Å². The molecule has 1 aromatic heterocycles. The molecule has 112 valence electrons. The summed E-state index contributed by atoms with van der Waals surface area (Å²) in [7, 11) is 0. The van der Waals surface area contributed by atoms with Crippen LogP contribution < -0.4 is 5.32 Å². The van der Waals surface area contributed by atoms with Gasteiger partial charge in [-0.15, -0.1) is 0 Å². The first-order valence-electron chi connectivity index (χ1n) is 7.77. The van der Waals surface area contributed by atoms with Gasteiger partial charge in [-0.05, 0) is 42.7 Å². The zero-order valence-electron chi connectivity index (χ0n) is 13.1.